The summed E-state index contributed by atoms with van der Waals surface area (Å²) in [5, 5.41) is 8.83. The van der Waals surface area contributed by atoms with Crippen molar-refractivity contribution in [2.24, 2.45) is 5.10 Å². The maximum absolute atomic E-state index is 11.8. The third kappa shape index (κ3) is 4.15. The molecule has 0 saturated heterocycles. The van der Waals surface area contributed by atoms with Crippen LogP contribution in [0.25, 0.3) is 0 Å². The van der Waals surface area contributed by atoms with E-state index in [-0.39, 0.29) is 12.5 Å². The number of hydrazone groups is 1. The van der Waals surface area contributed by atoms with Crippen molar-refractivity contribution in [1.82, 2.24) is 15.2 Å². The van der Waals surface area contributed by atoms with E-state index in [9.17, 15) is 4.79 Å². The molecule has 110 valence electrons. The summed E-state index contributed by atoms with van der Waals surface area (Å²) < 4.78 is 2.55. The van der Waals surface area contributed by atoms with E-state index in [4.69, 9.17) is 11.6 Å². The monoisotopic (exact) mass is 368 g/mol. The molecule has 0 saturated carbocycles. The van der Waals surface area contributed by atoms with Crippen LogP contribution in [0.1, 0.15) is 17.0 Å². The van der Waals surface area contributed by atoms with E-state index in [0.29, 0.717) is 5.02 Å². The van der Waals surface area contributed by atoms with E-state index in [0.717, 1.165) is 21.4 Å². The minimum atomic E-state index is -0.238. The van der Waals surface area contributed by atoms with Gasteiger partial charge in [0.1, 0.15) is 6.54 Å². The van der Waals surface area contributed by atoms with Crippen LogP contribution in [-0.2, 0) is 11.3 Å². The summed E-state index contributed by atoms with van der Waals surface area (Å²) in [6.07, 6.45) is 1.56. The van der Waals surface area contributed by atoms with Gasteiger partial charge >= 0.3 is 0 Å². The molecule has 1 heterocycles. The number of amides is 1. The second-order valence-electron chi connectivity index (χ2n) is 4.49. The Morgan fingerprint density at radius 3 is 2.67 bits per heavy atom. The first-order chi connectivity index (χ1) is 9.97. The predicted octanol–water partition coefficient (Wildman–Crippen LogP) is 3.07. The van der Waals surface area contributed by atoms with Crippen molar-refractivity contribution in [3.63, 3.8) is 0 Å². The van der Waals surface area contributed by atoms with E-state index >= 15 is 0 Å². The van der Waals surface area contributed by atoms with Crippen molar-refractivity contribution in [2.75, 3.05) is 0 Å². The minimum Gasteiger partial charge on any atom is -0.271 e. The van der Waals surface area contributed by atoms with Gasteiger partial charge in [0.25, 0.3) is 5.91 Å². The molecule has 1 amide bonds. The second-order valence-corrected chi connectivity index (χ2v) is 5.72. The lowest BCUT2D eigenvalue weighted by Crippen LogP contribution is -2.24. The lowest BCUT2D eigenvalue weighted by atomic mass is 10.2. The van der Waals surface area contributed by atoms with Gasteiger partial charge < -0.3 is 0 Å². The molecule has 1 aromatic carbocycles. The van der Waals surface area contributed by atoms with Gasteiger partial charge in [0.2, 0.25) is 0 Å². The Labute approximate surface area is 136 Å². The normalized spacial score (nSPS) is 11.0. The standard InChI is InChI=1S/C14H14BrClN4O/c1-9-14(15)10(2)20(19-9)8-13(21)18-17-7-11-3-5-12(16)6-4-11/h3-7H,8H2,1-2H3,(H,18,21)/b17-7+. The number of aryl methyl sites for hydroxylation is 1. The lowest BCUT2D eigenvalue weighted by molar-refractivity contribution is -0.121. The molecule has 0 aliphatic carbocycles. The number of carbonyl (C=O) groups is 1. The van der Waals surface area contributed by atoms with Crippen LogP contribution in [-0.4, -0.2) is 21.9 Å². The smallest absolute Gasteiger partial charge is 0.261 e. The fourth-order valence-electron chi connectivity index (χ4n) is 1.73. The van der Waals surface area contributed by atoms with Crippen LogP contribution in [0.4, 0.5) is 0 Å². The average Bonchev–Trinajstić information content (AvgIpc) is 2.68. The SMILES string of the molecule is Cc1nn(CC(=O)N/N=C/c2ccc(Cl)cc2)c(C)c1Br. The maximum atomic E-state index is 11.8. The largest absolute Gasteiger partial charge is 0.271 e. The van der Waals surface area contributed by atoms with Crippen LogP contribution in [0.2, 0.25) is 5.02 Å². The molecule has 1 aromatic heterocycles. The molecular weight excluding hydrogens is 356 g/mol. The number of carbonyl (C=O) groups excluding carboxylic acids is 1. The molecular formula is C14H14BrClN4O. The molecule has 7 heteroatoms. The summed E-state index contributed by atoms with van der Waals surface area (Å²) in [5.74, 6) is -0.238. The Balaban J connectivity index is 1.93. The number of hydrogen-bond acceptors (Lipinski definition) is 3. The van der Waals surface area contributed by atoms with Gasteiger partial charge in [0, 0.05) is 5.02 Å². The molecule has 2 rings (SSSR count). The molecule has 2 aromatic rings. The molecule has 0 unspecified atom stereocenters. The van der Waals surface area contributed by atoms with Crippen LogP contribution in [0.3, 0.4) is 0 Å². The van der Waals surface area contributed by atoms with Gasteiger partial charge in [-0.3, -0.25) is 9.48 Å². The first-order valence-corrected chi connectivity index (χ1v) is 7.41. The van der Waals surface area contributed by atoms with Gasteiger partial charge in [-0.25, -0.2) is 5.43 Å². The number of halogens is 2. The highest BCUT2D eigenvalue weighted by Gasteiger charge is 2.11. The molecule has 0 spiro atoms. The number of hydrogen-bond donors (Lipinski definition) is 1. The van der Waals surface area contributed by atoms with Gasteiger partial charge in [-0.1, -0.05) is 23.7 Å². The molecule has 0 radical (unpaired) electrons. The van der Waals surface area contributed by atoms with Crippen molar-refractivity contribution >= 4 is 39.7 Å². The Bertz CT molecular complexity index is 679. The first-order valence-electron chi connectivity index (χ1n) is 6.24. The molecule has 0 atom stereocenters. The zero-order valence-electron chi connectivity index (χ0n) is 11.6. The molecule has 0 aliphatic heterocycles. The topological polar surface area (TPSA) is 59.3 Å². The Hall–Kier alpha value is -1.66. The van der Waals surface area contributed by atoms with Crippen molar-refractivity contribution in [2.45, 2.75) is 20.4 Å². The zero-order chi connectivity index (χ0) is 15.4. The van der Waals surface area contributed by atoms with Gasteiger partial charge in [-0.05, 0) is 47.5 Å². The van der Waals surface area contributed by atoms with E-state index in [2.05, 4.69) is 31.6 Å². The Kier molecular flexibility index (Phi) is 5.14. The fourth-order valence-corrected chi connectivity index (χ4v) is 2.14. The molecule has 0 fully saturated rings. The van der Waals surface area contributed by atoms with Crippen molar-refractivity contribution < 1.29 is 4.79 Å². The predicted molar refractivity (Wildman–Crippen MR) is 86.6 cm³/mol. The second kappa shape index (κ2) is 6.87. The maximum Gasteiger partial charge on any atom is 0.261 e. The van der Waals surface area contributed by atoms with E-state index in [1.165, 1.54) is 0 Å². The Morgan fingerprint density at radius 2 is 2.10 bits per heavy atom. The minimum absolute atomic E-state index is 0.121. The molecule has 0 bridgehead atoms. The number of benzene rings is 1. The summed E-state index contributed by atoms with van der Waals surface area (Å²) >= 11 is 9.21. The highest BCUT2D eigenvalue weighted by Crippen LogP contribution is 2.19. The third-order valence-corrected chi connectivity index (χ3v) is 4.26. The average molecular weight is 370 g/mol. The molecule has 5 nitrogen and oxygen atoms in total. The van der Waals surface area contributed by atoms with Crippen LogP contribution in [0.15, 0.2) is 33.8 Å². The van der Waals surface area contributed by atoms with Gasteiger partial charge in [0.05, 0.1) is 22.1 Å². The van der Waals surface area contributed by atoms with Crippen LogP contribution in [0.5, 0.6) is 0 Å². The summed E-state index contributed by atoms with van der Waals surface area (Å²) in [6.45, 7) is 3.90. The number of nitrogens with one attached hydrogen (secondary N) is 1. The number of nitrogens with zero attached hydrogens (tertiary/aromatic N) is 3. The Morgan fingerprint density at radius 1 is 1.43 bits per heavy atom. The summed E-state index contributed by atoms with van der Waals surface area (Å²) in [5.41, 5.74) is 5.09. The van der Waals surface area contributed by atoms with E-state index < -0.39 is 0 Å². The quantitative estimate of drug-likeness (QED) is 0.665. The van der Waals surface area contributed by atoms with E-state index in [1.54, 1.807) is 23.0 Å². The lowest BCUT2D eigenvalue weighted by Gasteiger charge is -2.03. The third-order valence-electron chi connectivity index (χ3n) is 2.86. The molecule has 21 heavy (non-hydrogen) atoms. The summed E-state index contributed by atoms with van der Waals surface area (Å²) in [7, 11) is 0. The highest BCUT2D eigenvalue weighted by atomic mass is 79.9. The van der Waals surface area contributed by atoms with Gasteiger partial charge in [-0.2, -0.15) is 10.2 Å². The van der Waals surface area contributed by atoms with Crippen molar-refractivity contribution in [1.29, 1.82) is 0 Å². The van der Waals surface area contributed by atoms with Crippen molar-refractivity contribution in [3.05, 3.63) is 50.7 Å². The number of aromatic nitrogens is 2. The van der Waals surface area contributed by atoms with Crippen molar-refractivity contribution in [3.8, 4) is 0 Å². The molecule has 1 N–H and O–H groups in total. The van der Waals surface area contributed by atoms with Crippen LogP contribution >= 0.6 is 27.5 Å². The first kappa shape index (κ1) is 15.7. The fraction of sp³-hybridized carbons (Fsp3) is 0.214. The van der Waals surface area contributed by atoms with Crippen LogP contribution < -0.4 is 5.43 Å². The highest BCUT2D eigenvalue weighted by molar-refractivity contribution is 9.10. The summed E-state index contributed by atoms with van der Waals surface area (Å²) in [4.78, 5) is 11.8. The van der Waals surface area contributed by atoms with Crippen LogP contribution in [0, 0.1) is 13.8 Å². The van der Waals surface area contributed by atoms with Gasteiger partial charge in [0.15, 0.2) is 0 Å². The van der Waals surface area contributed by atoms with E-state index in [1.807, 2.05) is 26.0 Å². The summed E-state index contributed by atoms with van der Waals surface area (Å²) in [6, 6.07) is 7.16. The molecule has 0 aliphatic rings. The number of rotatable bonds is 4. The van der Waals surface area contributed by atoms with Gasteiger partial charge in [-0.15, -0.1) is 0 Å². The zero-order valence-corrected chi connectivity index (χ0v) is 13.9.